The van der Waals surface area contributed by atoms with Crippen LogP contribution in [-0.2, 0) is 4.74 Å². The van der Waals surface area contributed by atoms with Crippen LogP contribution >= 0.6 is 0 Å². The van der Waals surface area contributed by atoms with Gasteiger partial charge in [0.25, 0.3) is 0 Å². The van der Waals surface area contributed by atoms with Crippen LogP contribution in [0.2, 0.25) is 0 Å². The number of nitrogens with zero attached hydrogens (tertiary/aromatic N) is 2. The fraction of sp³-hybridized carbons (Fsp3) is 0.684. The Morgan fingerprint density at radius 1 is 1.46 bits per heavy atom. The smallest absolute Gasteiger partial charge is 0.410 e. The Labute approximate surface area is 145 Å². The van der Waals surface area contributed by atoms with Crippen LogP contribution in [0.3, 0.4) is 0 Å². The predicted octanol–water partition coefficient (Wildman–Crippen LogP) is 4.75. The Hall–Kier alpha value is -1.78. The van der Waals surface area contributed by atoms with Gasteiger partial charge in [-0.25, -0.2) is 9.78 Å². The fourth-order valence-electron chi connectivity index (χ4n) is 2.94. The highest BCUT2D eigenvalue weighted by Crippen LogP contribution is 2.35. The lowest BCUT2D eigenvalue weighted by Crippen LogP contribution is -2.42. The van der Waals surface area contributed by atoms with Crippen LogP contribution in [-0.4, -0.2) is 34.2 Å². The molecule has 0 spiro atoms. The molecule has 5 nitrogen and oxygen atoms in total. The summed E-state index contributed by atoms with van der Waals surface area (Å²) in [6.07, 6.45) is 5.67. The van der Waals surface area contributed by atoms with Crippen molar-refractivity contribution in [3.63, 3.8) is 0 Å². The Kier molecular flexibility index (Phi) is 6.08. The Bertz CT molecular complexity index is 554. The van der Waals surface area contributed by atoms with Crippen LogP contribution in [0.1, 0.15) is 71.9 Å². The highest BCUT2D eigenvalue weighted by atomic mass is 16.6. The maximum Gasteiger partial charge on any atom is 0.410 e. The first kappa shape index (κ1) is 18.6. The summed E-state index contributed by atoms with van der Waals surface area (Å²) in [4.78, 5) is 19.0. The van der Waals surface area contributed by atoms with Gasteiger partial charge in [0.05, 0.1) is 6.04 Å². The molecule has 1 fully saturated rings. The summed E-state index contributed by atoms with van der Waals surface area (Å²) < 4.78 is 5.62. The molecule has 2 atom stereocenters. The number of ether oxygens (including phenoxy) is 1. The van der Waals surface area contributed by atoms with Crippen molar-refractivity contribution in [1.29, 1.82) is 0 Å². The Morgan fingerprint density at radius 3 is 2.88 bits per heavy atom. The first-order chi connectivity index (χ1) is 11.3. The number of hydrogen-bond acceptors (Lipinski definition) is 4. The third kappa shape index (κ3) is 4.86. The van der Waals surface area contributed by atoms with Crippen molar-refractivity contribution in [2.24, 2.45) is 0 Å². The summed E-state index contributed by atoms with van der Waals surface area (Å²) >= 11 is 0. The zero-order chi connectivity index (χ0) is 17.7. The zero-order valence-corrected chi connectivity index (χ0v) is 15.6. The van der Waals surface area contributed by atoms with Gasteiger partial charge in [-0.15, -0.1) is 0 Å². The first-order valence-electron chi connectivity index (χ1n) is 9.03. The van der Waals surface area contributed by atoms with Crippen molar-refractivity contribution >= 4 is 11.9 Å². The van der Waals surface area contributed by atoms with Gasteiger partial charge in [0.1, 0.15) is 11.4 Å². The molecule has 2 unspecified atom stereocenters. The molecule has 0 bridgehead atoms. The maximum absolute atomic E-state index is 12.7. The van der Waals surface area contributed by atoms with Gasteiger partial charge in [-0.3, -0.25) is 0 Å². The van der Waals surface area contributed by atoms with Crippen LogP contribution < -0.4 is 5.32 Å². The van der Waals surface area contributed by atoms with Crippen molar-refractivity contribution in [2.45, 2.75) is 78.0 Å². The molecule has 0 aromatic carbocycles. The minimum absolute atomic E-state index is 0.0221. The normalized spacial score (nSPS) is 19.7. The second-order valence-electron chi connectivity index (χ2n) is 7.58. The van der Waals surface area contributed by atoms with Gasteiger partial charge in [-0.2, -0.15) is 0 Å². The molecule has 0 radical (unpaired) electrons. The molecule has 1 saturated heterocycles. The van der Waals surface area contributed by atoms with Gasteiger partial charge in [0.2, 0.25) is 0 Å². The second kappa shape index (κ2) is 7.86. The summed E-state index contributed by atoms with van der Waals surface area (Å²) in [6, 6.07) is 4.38. The molecular formula is C19H31N3O2. The Balaban J connectivity index is 2.26. The molecule has 2 heterocycles. The second-order valence-corrected chi connectivity index (χ2v) is 7.58. The van der Waals surface area contributed by atoms with Crippen molar-refractivity contribution in [2.75, 3.05) is 11.9 Å². The number of pyridine rings is 1. The summed E-state index contributed by atoms with van der Waals surface area (Å²) in [5, 5.41) is 3.48. The topological polar surface area (TPSA) is 54.5 Å². The molecule has 24 heavy (non-hydrogen) atoms. The van der Waals surface area contributed by atoms with E-state index in [1.807, 2.05) is 31.7 Å². The lowest BCUT2D eigenvalue weighted by molar-refractivity contribution is 0.00957. The molecule has 1 amide bonds. The van der Waals surface area contributed by atoms with Gasteiger partial charge in [0, 0.05) is 24.3 Å². The summed E-state index contributed by atoms with van der Waals surface area (Å²) in [5.41, 5.74) is 0.606. The molecule has 1 aromatic heterocycles. The van der Waals surface area contributed by atoms with Crippen LogP contribution in [0.25, 0.3) is 0 Å². The minimum Gasteiger partial charge on any atom is -0.444 e. The Morgan fingerprint density at radius 2 is 2.21 bits per heavy atom. The molecule has 0 saturated carbocycles. The monoisotopic (exact) mass is 333 g/mol. The highest BCUT2D eigenvalue weighted by molar-refractivity contribution is 5.69. The molecule has 0 aliphatic carbocycles. The third-order valence-corrected chi connectivity index (χ3v) is 4.32. The van der Waals surface area contributed by atoms with E-state index in [9.17, 15) is 4.79 Å². The standard InChI is InChI=1S/C19H31N3O2/c1-6-14(2)21-17-15(10-9-12-20-17)16-11-7-8-13-22(16)18(23)24-19(3,4)5/h9-10,12,14,16H,6-8,11,13H2,1-5H3,(H,20,21). The molecule has 2 rings (SSSR count). The van der Waals surface area contributed by atoms with Gasteiger partial charge in [-0.1, -0.05) is 13.0 Å². The van der Waals surface area contributed by atoms with Crippen molar-refractivity contribution < 1.29 is 9.53 Å². The number of hydrogen-bond donors (Lipinski definition) is 1. The predicted molar refractivity (Wildman–Crippen MR) is 97.1 cm³/mol. The van der Waals surface area contributed by atoms with Gasteiger partial charge < -0.3 is 15.0 Å². The number of rotatable bonds is 4. The van der Waals surface area contributed by atoms with Gasteiger partial charge in [-0.05, 0) is 59.4 Å². The van der Waals surface area contributed by atoms with Crippen LogP contribution in [0.5, 0.6) is 0 Å². The largest absolute Gasteiger partial charge is 0.444 e. The van der Waals surface area contributed by atoms with E-state index in [0.29, 0.717) is 6.04 Å². The number of aromatic nitrogens is 1. The van der Waals surface area contributed by atoms with Crippen molar-refractivity contribution in [3.8, 4) is 0 Å². The lowest BCUT2D eigenvalue weighted by Gasteiger charge is -2.37. The van der Waals surface area contributed by atoms with E-state index in [1.165, 1.54) is 0 Å². The number of likely N-dealkylation sites (tertiary alicyclic amines) is 1. The van der Waals surface area contributed by atoms with Crippen molar-refractivity contribution in [1.82, 2.24) is 9.88 Å². The van der Waals surface area contributed by atoms with E-state index in [0.717, 1.165) is 43.6 Å². The molecule has 1 N–H and O–H groups in total. The number of anilines is 1. The number of nitrogens with one attached hydrogen (secondary N) is 1. The highest BCUT2D eigenvalue weighted by Gasteiger charge is 2.33. The number of piperidine rings is 1. The lowest BCUT2D eigenvalue weighted by atomic mass is 9.95. The van der Waals surface area contributed by atoms with Gasteiger partial charge >= 0.3 is 6.09 Å². The maximum atomic E-state index is 12.7. The minimum atomic E-state index is -0.480. The van der Waals surface area contributed by atoms with Crippen molar-refractivity contribution in [3.05, 3.63) is 23.9 Å². The van der Waals surface area contributed by atoms with Gasteiger partial charge in [0.15, 0.2) is 0 Å². The number of carbonyl (C=O) groups excluding carboxylic acids is 1. The SMILES string of the molecule is CCC(C)Nc1ncccc1C1CCCCN1C(=O)OC(C)(C)C. The van der Waals surface area contributed by atoms with E-state index < -0.39 is 5.60 Å². The third-order valence-electron chi connectivity index (χ3n) is 4.32. The zero-order valence-electron chi connectivity index (χ0n) is 15.6. The quantitative estimate of drug-likeness (QED) is 0.863. The first-order valence-corrected chi connectivity index (χ1v) is 9.03. The molecule has 5 heteroatoms. The number of carbonyl (C=O) groups is 1. The molecule has 134 valence electrons. The van der Waals surface area contributed by atoms with E-state index >= 15 is 0 Å². The van der Waals surface area contributed by atoms with Crippen LogP contribution in [0.4, 0.5) is 10.6 Å². The molecule has 1 aromatic rings. The fourth-order valence-corrected chi connectivity index (χ4v) is 2.94. The molecular weight excluding hydrogens is 302 g/mol. The van der Waals surface area contributed by atoms with E-state index in [2.05, 4.69) is 30.2 Å². The van der Waals surface area contributed by atoms with E-state index in [-0.39, 0.29) is 12.1 Å². The molecule has 1 aliphatic rings. The van der Waals surface area contributed by atoms with Crippen LogP contribution in [0.15, 0.2) is 18.3 Å². The summed E-state index contributed by atoms with van der Waals surface area (Å²) in [7, 11) is 0. The van der Waals surface area contributed by atoms with Crippen LogP contribution in [0, 0.1) is 0 Å². The average Bonchev–Trinajstić information content (AvgIpc) is 2.53. The average molecular weight is 333 g/mol. The van der Waals surface area contributed by atoms with E-state index in [1.54, 1.807) is 6.20 Å². The summed E-state index contributed by atoms with van der Waals surface area (Å²) in [6.45, 7) is 10.7. The summed E-state index contributed by atoms with van der Waals surface area (Å²) in [5.74, 6) is 0.882. The molecule has 1 aliphatic heterocycles. The van der Waals surface area contributed by atoms with E-state index in [4.69, 9.17) is 4.74 Å². The number of amides is 1.